The molecule has 1 fully saturated rings. The van der Waals surface area contributed by atoms with Crippen LogP contribution in [0.2, 0.25) is 0 Å². The van der Waals surface area contributed by atoms with Gasteiger partial charge in [0.25, 0.3) is 0 Å². The van der Waals surface area contributed by atoms with E-state index in [1.807, 2.05) is 12.1 Å². The van der Waals surface area contributed by atoms with Gasteiger partial charge in [-0.2, -0.15) is 4.31 Å². The average Bonchev–Trinajstić information content (AvgIpc) is 3.27. The van der Waals surface area contributed by atoms with Gasteiger partial charge in [-0.3, -0.25) is 4.98 Å². The molecule has 0 aliphatic carbocycles. The van der Waals surface area contributed by atoms with Crippen molar-refractivity contribution in [1.29, 1.82) is 0 Å². The Morgan fingerprint density at radius 3 is 2.85 bits per heavy atom. The monoisotopic (exact) mass is 371 g/mol. The first-order valence-electron chi connectivity index (χ1n) is 8.83. The number of rotatable bonds is 5. The van der Waals surface area contributed by atoms with Crippen molar-refractivity contribution in [2.75, 3.05) is 13.1 Å². The smallest absolute Gasteiger partial charge is 0.244 e. The Morgan fingerprint density at radius 1 is 1.23 bits per heavy atom. The van der Waals surface area contributed by atoms with E-state index >= 15 is 0 Å². The Labute approximate surface area is 152 Å². The highest BCUT2D eigenvalue weighted by molar-refractivity contribution is 7.89. The molecule has 7 nitrogen and oxygen atoms in total. The van der Waals surface area contributed by atoms with Crippen molar-refractivity contribution < 1.29 is 8.42 Å². The van der Waals surface area contributed by atoms with Crippen molar-refractivity contribution >= 4 is 21.2 Å². The third kappa shape index (κ3) is 2.89. The standard InChI is InChI=1S/C18H21N5O2S/c1-2-5-17-21-16-7-4-10-20-18(16)23(17)14-8-11-22(13-14)26(24,25)15-6-3-9-19-12-15/h3-4,6-7,9-10,12,14H,2,5,8,11,13H2,1H3. The number of hydrogen-bond acceptors (Lipinski definition) is 5. The largest absolute Gasteiger partial charge is 0.308 e. The number of imidazole rings is 1. The SMILES string of the molecule is CCCc1nc2cccnc2n1C1CCN(S(=O)(=O)c2cccnc2)C1. The predicted molar refractivity (Wildman–Crippen MR) is 98.2 cm³/mol. The van der Waals surface area contributed by atoms with Crippen LogP contribution in [-0.4, -0.2) is 45.3 Å². The molecule has 1 aliphatic rings. The van der Waals surface area contributed by atoms with Gasteiger partial charge in [-0.1, -0.05) is 6.92 Å². The lowest BCUT2D eigenvalue weighted by atomic mass is 10.2. The zero-order valence-corrected chi connectivity index (χ0v) is 15.4. The van der Waals surface area contributed by atoms with Crippen molar-refractivity contribution in [3.8, 4) is 0 Å². The fourth-order valence-electron chi connectivity index (χ4n) is 3.55. The zero-order chi connectivity index (χ0) is 18.1. The number of aromatic nitrogens is 4. The summed E-state index contributed by atoms with van der Waals surface area (Å²) >= 11 is 0. The molecule has 0 aromatic carbocycles. The maximum Gasteiger partial charge on any atom is 0.244 e. The molecule has 1 atom stereocenters. The van der Waals surface area contributed by atoms with Gasteiger partial charge in [-0.15, -0.1) is 0 Å². The molecule has 1 unspecified atom stereocenters. The fourth-order valence-corrected chi connectivity index (χ4v) is 5.01. The van der Waals surface area contributed by atoms with Gasteiger partial charge < -0.3 is 4.57 Å². The van der Waals surface area contributed by atoms with Crippen LogP contribution in [0.3, 0.4) is 0 Å². The van der Waals surface area contributed by atoms with E-state index in [4.69, 9.17) is 4.98 Å². The molecule has 1 aliphatic heterocycles. The molecule has 0 saturated carbocycles. The molecule has 1 saturated heterocycles. The van der Waals surface area contributed by atoms with E-state index in [2.05, 4.69) is 21.5 Å². The summed E-state index contributed by atoms with van der Waals surface area (Å²) in [5, 5.41) is 0. The third-order valence-electron chi connectivity index (χ3n) is 4.76. The third-order valence-corrected chi connectivity index (χ3v) is 6.61. The molecular weight excluding hydrogens is 350 g/mol. The summed E-state index contributed by atoms with van der Waals surface area (Å²) in [6.45, 7) is 3.03. The molecule has 0 N–H and O–H groups in total. The highest BCUT2D eigenvalue weighted by atomic mass is 32.2. The molecule has 0 spiro atoms. The second-order valence-electron chi connectivity index (χ2n) is 6.49. The first kappa shape index (κ1) is 17.1. The minimum absolute atomic E-state index is 0.0443. The lowest BCUT2D eigenvalue weighted by molar-refractivity contribution is 0.449. The van der Waals surface area contributed by atoms with Crippen LogP contribution < -0.4 is 0 Å². The summed E-state index contributed by atoms with van der Waals surface area (Å²) in [5.41, 5.74) is 1.70. The molecule has 0 bridgehead atoms. The number of sulfonamides is 1. The summed E-state index contributed by atoms with van der Waals surface area (Å²) in [5.74, 6) is 0.979. The van der Waals surface area contributed by atoms with Gasteiger partial charge in [0.2, 0.25) is 10.0 Å². The van der Waals surface area contributed by atoms with Crippen LogP contribution in [0, 0.1) is 0 Å². The van der Waals surface area contributed by atoms with E-state index in [-0.39, 0.29) is 10.9 Å². The Kier molecular flexibility index (Phi) is 4.46. The molecule has 4 heterocycles. The lowest BCUT2D eigenvalue weighted by Crippen LogP contribution is -2.29. The molecule has 3 aromatic heterocycles. The summed E-state index contributed by atoms with van der Waals surface area (Å²) in [4.78, 5) is 13.4. The lowest BCUT2D eigenvalue weighted by Gasteiger charge is -2.18. The van der Waals surface area contributed by atoms with E-state index in [1.54, 1.807) is 28.8 Å². The minimum atomic E-state index is -3.52. The molecule has 4 rings (SSSR count). The van der Waals surface area contributed by atoms with Gasteiger partial charge in [0, 0.05) is 38.1 Å². The summed E-state index contributed by atoms with van der Waals surface area (Å²) in [6, 6.07) is 7.11. The van der Waals surface area contributed by atoms with Crippen molar-refractivity contribution in [1.82, 2.24) is 23.8 Å². The fraction of sp³-hybridized carbons (Fsp3) is 0.389. The Balaban J connectivity index is 1.67. The number of aryl methyl sites for hydroxylation is 1. The van der Waals surface area contributed by atoms with E-state index in [9.17, 15) is 8.42 Å². The van der Waals surface area contributed by atoms with E-state index in [0.717, 1.165) is 36.3 Å². The van der Waals surface area contributed by atoms with Crippen molar-refractivity contribution in [3.05, 3.63) is 48.7 Å². The summed E-state index contributed by atoms with van der Waals surface area (Å²) in [7, 11) is -3.52. The molecule has 8 heteroatoms. The Morgan fingerprint density at radius 2 is 2.08 bits per heavy atom. The maximum atomic E-state index is 12.9. The van der Waals surface area contributed by atoms with Gasteiger partial charge in [-0.25, -0.2) is 18.4 Å². The molecular formula is C18H21N5O2S. The van der Waals surface area contributed by atoms with Crippen LogP contribution in [0.1, 0.15) is 31.6 Å². The van der Waals surface area contributed by atoms with Crippen LogP contribution in [0.5, 0.6) is 0 Å². The van der Waals surface area contributed by atoms with Crippen LogP contribution in [-0.2, 0) is 16.4 Å². The van der Waals surface area contributed by atoms with E-state index in [0.29, 0.717) is 13.1 Å². The van der Waals surface area contributed by atoms with Crippen LogP contribution in [0.25, 0.3) is 11.2 Å². The molecule has 0 amide bonds. The zero-order valence-electron chi connectivity index (χ0n) is 14.6. The molecule has 3 aromatic rings. The van der Waals surface area contributed by atoms with E-state index < -0.39 is 10.0 Å². The average molecular weight is 371 g/mol. The van der Waals surface area contributed by atoms with Gasteiger partial charge >= 0.3 is 0 Å². The number of fused-ring (bicyclic) bond motifs is 1. The van der Waals surface area contributed by atoms with Crippen molar-refractivity contribution in [2.24, 2.45) is 0 Å². The van der Waals surface area contributed by atoms with Crippen LogP contribution in [0.15, 0.2) is 47.8 Å². The Bertz CT molecular complexity index is 1020. The molecule has 0 radical (unpaired) electrons. The molecule has 136 valence electrons. The first-order chi connectivity index (χ1) is 12.6. The number of hydrogen-bond donors (Lipinski definition) is 0. The molecule has 26 heavy (non-hydrogen) atoms. The second kappa shape index (κ2) is 6.77. The minimum Gasteiger partial charge on any atom is -0.308 e. The topological polar surface area (TPSA) is 81.0 Å². The van der Waals surface area contributed by atoms with Gasteiger partial charge in [-0.05, 0) is 37.1 Å². The number of pyridine rings is 2. The predicted octanol–water partition coefficient (Wildman–Crippen LogP) is 2.41. The summed E-state index contributed by atoms with van der Waals surface area (Å²) < 4.78 is 29.4. The highest BCUT2D eigenvalue weighted by Gasteiger charge is 2.35. The quantitative estimate of drug-likeness (QED) is 0.688. The second-order valence-corrected chi connectivity index (χ2v) is 8.43. The van der Waals surface area contributed by atoms with Crippen molar-refractivity contribution in [2.45, 2.75) is 37.1 Å². The van der Waals surface area contributed by atoms with Crippen molar-refractivity contribution in [3.63, 3.8) is 0 Å². The highest BCUT2D eigenvalue weighted by Crippen LogP contribution is 2.30. The number of nitrogens with zero attached hydrogens (tertiary/aromatic N) is 5. The van der Waals surface area contributed by atoms with Crippen LogP contribution >= 0.6 is 0 Å². The summed E-state index contributed by atoms with van der Waals surface area (Å²) in [6.07, 6.45) is 7.31. The first-order valence-corrected chi connectivity index (χ1v) is 10.3. The van der Waals surface area contributed by atoms with Gasteiger partial charge in [0.1, 0.15) is 16.2 Å². The Hall–Kier alpha value is -2.32. The van der Waals surface area contributed by atoms with Crippen LogP contribution in [0.4, 0.5) is 0 Å². The van der Waals surface area contributed by atoms with Gasteiger partial charge in [0.05, 0.1) is 6.04 Å². The van der Waals surface area contributed by atoms with Gasteiger partial charge in [0.15, 0.2) is 5.65 Å². The van der Waals surface area contributed by atoms with E-state index in [1.165, 1.54) is 6.20 Å². The normalized spacial score (nSPS) is 18.6. The maximum absolute atomic E-state index is 12.9.